The normalized spacial score (nSPS) is 11.2. The average molecular weight is 404 g/mol. The van der Waals surface area contributed by atoms with Crippen LogP contribution in [0.4, 0.5) is 11.4 Å². The summed E-state index contributed by atoms with van der Waals surface area (Å²) < 4.78 is 0. The van der Waals surface area contributed by atoms with Crippen LogP contribution in [0.2, 0.25) is 10.0 Å². The van der Waals surface area contributed by atoms with Crippen LogP contribution in [-0.2, 0) is 4.79 Å². The molecule has 138 valence electrons. The molecule has 0 spiro atoms. The van der Waals surface area contributed by atoms with Crippen molar-refractivity contribution in [3.05, 3.63) is 73.3 Å². The Labute approximate surface area is 166 Å². The molecule has 0 aliphatic carbocycles. The first-order chi connectivity index (χ1) is 12.7. The highest BCUT2D eigenvalue weighted by molar-refractivity contribution is 6.40. The smallest absolute Gasteiger partial charge is 0.273 e. The standard InChI is InChI=1S/C19H15Cl2N3O3/c1-11(2)14-7-6-12(9-17(14)24(26)27)8-13(10-22)19(25)23-18-15(20)4-3-5-16(18)21/h3-9,11H,1-2H3,(H,23,25)/b13-8+. The predicted octanol–water partition coefficient (Wildman–Crippen LogP) is 5.57. The summed E-state index contributed by atoms with van der Waals surface area (Å²) in [7, 11) is 0. The quantitative estimate of drug-likeness (QED) is 0.305. The third-order valence-corrected chi connectivity index (χ3v) is 4.38. The second-order valence-corrected chi connectivity index (χ2v) is 6.77. The lowest BCUT2D eigenvalue weighted by atomic mass is 9.98. The largest absolute Gasteiger partial charge is 0.319 e. The Balaban J connectivity index is 2.38. The van der Waals surface area contributed by atoms with Gasteiger partial charge in [0.25, 0.3) is 11.6 Å². The zero-order valence-electron chi connectivity index (χ0n) is 14.5. The van der Waals surface area contributed by atoms with E-state index in [1.165, 1.54) is 12.1 Å². The molecule has 0 saturated carbocycles. The van der Waals surface area contributed by atoms with Crippen molar-refractivity contribution in [2.24, 2.45) is 0 Å². The summed E-state index contributed by atoms with van der Waals surface area (Å²) in [6.07, 6.45) is 1.27. The number of nitrogens with zero attached hydrogens (tertiary/aromatic N) is 2. The number of nitriles is 1. The highest BCUT2D eigenvalue weighted by Gasteiger charge is 2.18. The van der Waals surface area contributed by atoms with Gasteiger partial charge in [-0.3, -0.25) is 14.9 Å². The molecule has 1 amide bonds. The molecule has 2 rings (SSSR count). The van der Waals surface area contributed by atoms with Crippen molar-refractivity contribution in [2.45, 2.75) is 19.8 Å². The van der Waals surface area contributed by atoms with E-state index in [-0.39, 0.29) is 32.9 Å². The van der Waals surface area contributed by atoms with Gasteiger partial charge in [0.2, 0.25) is 0 Å². The number of benzene rings is 2. The van der Waals surface area contributed by atoms with E-state index in [0.717, 1.165) is 0 Å². The maximum atomic E-state index is 12.4. The third-order valence-electron chi connectivity index (χ3n) is 3.75. The molecule has 6 nitrogen and oxygen atoms in total. The predicted molar refractivity (Wildman–Crippen MR) is 106 cm³/mol. The molecule has 0 radical (unpaired) electrons. The summed E-state index contributed by atoms with van der Waals surface area (Å²) in [6, 6.07) is 11.1. The van der Waals surface area contributed by atoms with Crippen molar-refractivity contribution in [1.29, 1.82) is 5.26 Å². The first kappa shape index (κ1) is 20.4. The number of nitrogens with one attached hydrogen (secondary N) is 1. The summed E-state index contributed by atoms with van der Waals surface area (Å²) >= 11 is 12.0. The molecule has 27 heavy (non-hydrogen) atoms. The molecule has 0 saturated heterocycles. The minimum absolute atomic E-state index is 0.0375. The molecule has 0 aromatic heterocycles. The van der Waals surface area contributed by atoms with E-state index in [0.29, 0.717) is 11.1 Å². The first-order valence-corrected chi connectivity index (χ1v) is 8.65. The van der Waals surface area contributed by atoms with Crippen molar-refractivity contribution in [3.8, 4) is 6.07 Å². The van der Waals surface area contributed by atoms with Gasteiger partial charge >= 0.3 is 0 Å². The molecular formula is C19H15Cl2N3O3. The zero-order chi connectivity index (χ0) is 20.1. The Kier molecular flexibility index (Phi) is 6.56. The molecule has 8 heteroatoms. The first-order valence-electron chi connectivity index (χ1n) is 7.90. The fraction of sp³-hybridized carbons (Fsp3) is 0.158. The van der Waals surface area contributed by atoms with Crippen LogP contribution in [0, 0.1) is 21.4 Å². The second-order valence-electron chi connectivity index (χ2n) is 5.95. The molecule has 0 fully saturated rings. The highest BCUT2D eigenvalue weighted by atomic mass is 35.5. The lowest BCUT2D eigenvalue weighted by molar-refractivity contribution is -0.385. The van der Waals surface area contributed by atoms with E-state index >= 15 is 0 Å². The van der Waals surface area contributed by atoms with Crippen LogP contribution < -0.4 is 5.32 Å². The number of anilines is 1. The molecule has 2 aromatic rings. The number of nitro benzene ring substituents is 1. The summed E-state index contributed by atoms with van der Waals surface area (Å²) in [4.78, 5) is 23.2. The zero-order valence-corrected chi connectivity index (χ0v) is 16.0. The molecule has 0 atom stereocenters. The van der Waals surface area contributed by atoms with E-state index in [2.05, 4.69) is 5.32 Å². The van der Waals surface area contributed by atoms with Crippen molar-refractivity contribution in [1.82, 2.24) is 0 Å². The lowest BCUT2D eigenvalue weighted by Crippen LogP contribution is -2.14. The van der Waals surface area contributed by atoms with Gasteiger partial charge < -0.3 is 5.32 Å². The highest BCUT2D eigenvalue weighted by Crippen LogP contribution is 2.31. The van der Waals surface area contributed by atoms with Crippen LogP contribution in [0.5, 0.6) is 0 Å². The van der Waals surface area contributed by atoms with Gasteiger partial charge in [-0.05, 0) is 29.7 Å². The number of hydrogen-bond donors (Lipinski definition) is 1. The van der Waals surface area contributed by atoms with E-state index in [4.69, 9.17) is 23.2 Å². The van der Waals surface area contributed by atoms with Crippen molar-refractivity contribution < 1.29 is 9.72 Å². The lowest BCUT2D eigenvalue weighted by Gasteiger charge is -2.09. The maximum Gasteiger partial charge on any atom is 0.273 e. The van der Waals surface area contributed by atoms with Crippen molar-refractivity contribution in [3.63, 3.8) is 0 Å². The number of para-hydroxylation sites is 1. The van der Waals surface area contributed by atoms with E-state index in [1.54, 1.807) is 36.4 Å². The van der Waals surface area contributed by atoms with Gasteiger partial charge in [-0.2, -0.15) is 5.26 Å². The topological polar surface area (TPSA) is 96.0 Å². The maximum absolute atomic E-state index is 12.4. The SMILES string of the molecule is CC(C)c1ccc(/C=C(\C#N)C(=O)Nc2c(Cl)cccc2Cl)cc1[N+](=O)[O-]. The Morgan fingerprint density at radius 2 is 1.89 bits per heavy atom. The Morgan fingerprint density at radius 1 is 1.26 bits per heavy atom. The summed E-state index contributed by atoms with van der Waals surface area (Å²) in [5, 5.41) is 23.6. The second kappa shape index (κ2) is 8.67. The number of carbonyl (C=O) groups excluding carboxylic acids is 1. The van der Waals surface area contributed by atoms with E-state index in [1.807, 2.05) is 13.8 Å². The number of rotatable bonds is 5. The molecule has 0 bridgehead atoms. The molecule has 2 aromatic carbocycles. The van der Waals surface area contributed by atoms with Crippen molar-refractivity contribution >= 4 is 46.6 Å². The van der Waals surface area contributed by atoms with E-state index < -0.39 is 10.8 Å². The summed E-state index contributed by atoms with van der Waals surface area (Å²) in [5.74, 6) is -0.757. The number of amides is 1. The molecule has 0 heterocycles. The number of carbonyl (C=O) groups is 1. The van der Waals surface area contributed by atoms with Gasteiger partial charge in [0, 0.05) is 11.6 Å². The number of nitro groups is 1. The fourth-order valence-corrected chi connectivity index (χ4v) is 2.90. The summed E-state index contributed by atoms with van der Waals surface area (Å²) in [5.41, 5.74) is 0.822. The van der Waals surface area contributed by atoms with Crippen LogP contribution in [0.3, 0.4) is 0 Å². The van der Waals surface area contributed by atoms with Gasteiger partial charge in [-0.1, -0.05) is 55.2 Å². The monoisotopic (exact) mass is 403 g/mol. The number of halogens is 2. The molecule has 0 aliphatic heterocycles. The molecule has 0 aliphatic rings. The average Bonchev–Trinajstić information content (AvgIpc) is 2.62. The van der Waals surface area contributed by atoms with Gasteiger partial charge in [-0.25, -0.2) is 0 Å². The minimum atomic E-state index is -0.719. The van der Waals surface area contributed by atoms with Gasteiger partial charge in [0.1, 0.15) is 11.6 Å². The summed E-state index contributed by atoms with van der Waals surface area (Å²) in [6.45, 7) is 3.69. The molecular weight excluding hydrogens is 389 g/mol. The van der Waals surface area contributed by atoms with Crippen molar-refractivity contribution in [2.75, 3.05) is 5.32 Å². The molecule has 0 unspecified atom stereocenters. The number of hydrogen-bond acceptors (Lipinski definition) is 4. The fourth-order valence-electron chi connectivity index (χ4n) is 2.41. The van der Waals surface area contributed by atoms with Crippen LogP contribution in [0.1, 0.15) is 30.9 Å². The van der Waals surface area contributed by atoms with Gasteiger partial charge in [0.05, 0.1) is 20.7 Å². The third kappa shape index (κ3) is 4.85. The van der Waals surface area contributed by atoms with Gasteiger partial charge in [0.15, 0.2) is 0 Å². The Bertz CT molecular complexity index is 958. The minimum Gasteiger partial charge on any atom is -0.319 e. The van der Waals surface area contributed by atoms with Crippen LogP contribution in [0.25, 0.3) is 6.08 Å². The molecule has 1 N–H and O–H groups in total. The Morgan fingerprint density at radius 3 is 2.41 bits per heavy atom. The Hall–Kier alpha value is -2.88. The van der Waals surface area contributed by atoms with E-state index in [9.17, 15) is 20.2 Å². The van der Waals surface area contributed by atoms with Crippen LogP contribution in [0.15, 0.2) is 42.0 Å². The van der Waals surface area contributed by atoms with Gasteiger partial charge in [-0.15, -0.1) is 0 Å². The van der Waals surface area contributed by atoms with Crippen LogP contribution in [-0.4, -0.2) is 10.8 Å². The van der Waals surface area contributed by atoms with Crippen LogP contribution >= 0.6 is 23.2 Å².